The predicted molar refractivity (Wildman–Crippen MR) is 188 cm³/mol. The second kappa shape index (κ2) is 13.7. The van der Waals surface area contributed by atoms with Crippen molar-refractivity contribution in [1.82, 2.24) is 0 Å². The molecule has 0 radical (unpaired) electrons. The largest absolute Gasteiger partial charge is 0.497 e. The van der Waals surface area contributed by atoms with Gasteiger partial charge in [-0.25, -0.2) is 9.59 Å². The lowest BCUT2D eigenvalue weighted by Gasteiger charge is -2.14. The standard InChI is InChI=1S/C41H30O8/c1-44-30-9-13-32(14-10-30)48-38(42)21-5-26-3-17-34-28(23-26)7-19-36-40(34)41-35-18-4-27(24-29(35)8-20-37(41)47-25-46-36)6-22-39(43)49-33-15-11-31(45-2)12-16-33/h3-24H,25H2,1-2H3/b21-5-,22-6-. The van der Waals surface area contributed by atoms with Crippen LogP contribution in [0.1, 0.15) is 11.1 Å². The molecule has 6 aromatic rings. The number of hydrogen-bond donors (Lipinski definition) is 0. The van der Waals surface area contributed by atoms with Gasteiger partial charge in [-0.3, -0.25) is 0 Å². The molecule has 0 bridgehead atoms. The lowest BCUT2D eigenvalue weighted by atomic mass is 9.91. The van der Waals surface area contributed by atoms with Crippen LogP contribution in [0.5, 0.6) is 34.5 Å². The van der Waals surface area contributed by atoms with Crippen LogP contribution in [0.25, 0.3) is 44.8 Å². The van der Waals surface area contributed by atoms with E-state index >= 15 is 0 Å². The molecule has 6 aromatic carbocycles. The molecule has 1 aliphatic rings. The summed E-state index contributed by atoms with van der Waals surface area (Å²) in [7, 11) is 3.16. The first kappa shape index (κ1) is 31.1. The summed E-state index contributed by atoms with van der Waals surface area (Å²) >= 11 is 0. The van der Waals surface area contributed by atoms with Gasteiger partial charge >= 0.3 is 11.9 Å². The fraction of sp³-hybridized carbons (Fsp3) is 0.0732. The summed E-state index contributed by atoms with van der Waals surface area (Å²) in [6.07, 6.45) is 6.25. The third-order valence-corrected chi connectivity index (χ3v) is 8.07. The molecule has 8 heteroatoms. The van der Waals surface area contributed by atoms with E-state index < -0.39 is 11.9 Å². The molecule has 0 N–H and O–H groups in total. The Morgan fingerprint density at radius 3 is 1.35 bits per heavy atom. The van der Waals surface area contributed by atoms with Crippen molar-refractivity contribution in [3.8, 4) is 45.6 Å². The van der Waals surface area contributed by atoms with Crippen molar-refractivity contribution < 1.29 is 38.0 Å². The number of benzene rings is 6. The lowest BCUT2D eigenvalue weighted by molar-refractivity contribution is -0.129. The van der Waals surface area contributed by atoms with Gasteiger partial charge < -0.3 is 28.4 Å². The van der Waals surface area contributed by atoms with E-state index in [0.29, 0.717) is 34.5 Å². The van der Waals surface area contributed by atoms with Crippen LogP contribution in [-0.4, -0.2) is 33.0 Å². The highest BCUT2D eigenvalue weighted by atomic mass is 16.7. The van der Waals surface area contributed by atoms with Crippen LogP contribution in [-0.2, 0) is 9.59 Å². The zero-order chi connectivity index (χ0) is 33.7. The van der Waals surface area contributed by atoms with E-state index in [1.54, 1.807) is 74.9 Å². The van der Waals surface area contributed by atoms with Crippen molar-refractivity contribution in [3.63, 3.8) is 0 Å². The Labute approximate surface area is 282 Å². The average Bonchev–Trinajstić information content (AvgIpc) is 3.33. The van der Waals surface area contributed by atoms with E-state index in [4.69, 9.17) is 28.4 Å². The summed E-state index contributed by atoms with van der Waals surface area (Å²) < 4.78 is 33.2. The molecule has 0 aromatic heterocycles. The van der Waals surface area contributed by atoms with Crippen LogP contribution in [0.4, 0.5) is 0 Å². The second-order valence-electron chi connectivity index (χ2n) is 11.1. The summed E-state index contributed by atoms with van der Waals surface area (Å²) in [5.41, 5.74) is 3.50. The molecular weight excluding hydrogens is 620 g/mol. The summed E-state index contributed by atoms with van der Waals surface area (Å²) in [6, 6.07) is 33.5. The van der Waals surface area contributed by atoms with Crippen molar-refractivity contribution >= 4 is 45.6 Å². The monoisotopic (exact) mass is 650 g/mol. The molecule has 7 rings (SSSR count). The van der Waals surface area contributed by atoms with Crippen molar-refractivity contribution in [2.75, 3.05) is 21.0 Å². The maximum Gasteiger partial charge on any atom is 0.336 e. The highest BCUT2D eigenvalue weighted by molar-refractivity contribution is 6.10. The van der Waals surface area contributed by atoms with Gasteiger partial charge in [0.25, 0.3) is 0 Å². The molecule has 0 atom stereocenters. The molecule has 0 fully saturated rings. The van der Waals surface area contributed by atoms with Gasteiger partial charge in [-0.1, -0.05) is 36.4 Å². The Morgan fingerprint density at radius 1 is 0.531 bits per heavy atom. The normalized spacial score (nSPS) is 12.1. The quantitative estimate of drug-likeness (QED) is 0.0919. The van der Waals surface area contributed by atoms with Crippen molar-refractivity contribution in [3.05, 3.63) is 132 Å². The van der Waals surface area contributed by atoms with Crippen molar-refractivity contribution in [2.45, 2.75) is 0 Å². The molecule has 49 heavy (non-hydrogen) atoms. The van der Waals surface area contributed by atoms with Crippen LogP contribution in [0.15, 0.2) is 121 Å². The van der Waals surface area contributed by atoms with Crippen LogP contribution in [0.3, 0.4) is 0 Å². The number of methoxy groups -OCH3 is 2. The predicted octanol–water partition coefficient (Wildman–Crippen LogP) is 8.64. The summed E-state index contributed by atoms with van der Waals surface area (Å²) in [5.74, 6) is 2.66. The minimum atomic E-state index is -0.485. The Bertz CT molecular complexity index is 2090. The van der Waals surface area contributed by atoms with Gasteiger partial charge in [0.05, 0.1) is 14.2 Å². The highest BCUT2D eigenvalue weighted by Crippen LogP contribution is 2.47. The molecule has 0 spiro atoms. The van der Waals surface area contributed by atoms with E-state index in [1.165, 1.54) is 12.2 Å². The Kier molecular flexibility index (Phi) is 8.67. The van der Waals surface area contributed by atoms with Gasteiger partial charge in [0, 0.05) is 23.3 Å². The van der Waals surface area contributed by atoms with Gasteiger partial charge in [0.2, 0.25) is 6.79 Å². The molecule has 0 saturated heterocycles. The van der Waals surface area contributed by atoms with E-state index in [2.05, 4.69) is 0 Å². The Balaban J connectivity index is 1.15. The van der Waals surface area contributed by atoms with E-state index in [0.717, 1.165) is 43.8 Å². The topological polar surface area (TPSA) is 89.5 Å². The molecule has 0 amide bonds. The maximum atomic E-state index is 12.5. The third kappa shape index (κ3) is 6.80. The molecule has 242 valence electrons. The van der Waals surface area contributed by atoms with Crippen LogP contribution >= 0.6 is 0 Å². The molecule has 1 aliphatic heterocycles. The first-order valence-corrected chi connectivity index (χ1v) is 15.4. The number of carbonyl (C=O) groups is 2. The molecular formula is C41H30O8. The molecule has 1 heterocycles. The number of rotatable bonds is 8. The molecule has 0 unspecified atom stereocenters. The fourth-order valence-corrected chi connectivity index (χ4v) is 5.69. The van der Waals surface area contributed by atoms with Gasteiger partial charge in [-0.05, 0) is 118 Å². The van der Waals surface area contributed by atoms with Crippen LogP contribution in [0.2, 0.25) is 0 Å². The number of hydrogen-bond acceptors (Lipinski definition) is 8. The summed E-state index contributed by atoms with van der Waals surface area (Å²) in [5, 5.41) is 3.88. The van der Waals surface area contributed by atoms with E-state index in [1.807, 2.05) is 60.7 Å². The zero-order valence-corrected chi connectivity index (χ0v) is 26.7. The molecule has 0 saturated carbocycles. The first-order valence-electron chi connectivity index (χ1n) is 15.4. The van der Waals surface area contributed by atoms with Crippen molar-refractivity contribution in [2.24, 2.45) is 0 Å². The van der Waals surface area contributed by atoms with Crippen LogP contribution < -0.4 is 28.4 Å². The minimum absolute atomic E-state index is 0.0747. The lowest BCUT2D eigenvalue weighted by Crippen LogP contribution is -2.03. The minimum Gasteiger partial charge on any atom is -0.497 e. The van der Waals surface area contributed by atoms with Crippen molar-refractivity contribution in [1.29, 1.82) is 0 Å². The van der Waals surface area contributed by atoms with Gasteiger partial charge in [0.1, 0.15) is 34.5 Å². The molecule has 0 aliphatic carbocycles. The smallest absolute Gasteiger partial charge is 0.336 e. The Hall–Kier alpha value is -6.54. The van der Waals surface area contributed by atoms with E-state index in [-0.39, 0.29) is 6.79 Å². The summed E-state index contributed by atoms with van der Waals surface area (Å²) in [6.45, 7) is 0.0747. The SMILES string of the molecule is COc1ccc(OC(=O)/C=C\c2ccc3c4c(ccc3c2)OCOc2ccc3cc(/C=C\C(=O)Oc5ccc(OC)cc5)ccc3c2-4)cc1. The van der Waals surface area contributed by atoms with Gasteiger partial charge in [-0.15, -0.1) is 0 Å². The summed E-state index contributed by atoms with van der Waals surface area (Å²) in [4.78, 5) is 25.0. The maximum absolute atomic E-state index is 12.5. The second-order valence-corrected chi connectivity index (χ2v) is 11.1. The molecule has 8 nitrogen and oxygen atoms in total. The first-order chi connectivity index (χ1) is 24.0. The van der Waals surface area contributed by atoms with Gasteiger partial charge in [-0.2, -0.15) is 0 Å². The van der Waals surface area contributed by atoms with Gasteiger partial charge in [0.15, 0.2) is 0 Å². The average molecular weight is 651 g/mol. The fourth-order valence-electron chi connectivity index (χ4n) is 5.69. The number of esters is 2. The van der Waals surface area contributed by atoms with Crippen LogP contribution in [0, 0.1) is 0 Å². The number of carbonyl (C=O) groups excluding carboxylic acids is 2. The Morgan fingerprint density at radius 2 is 0.939 bits per heavy atom. The van der Waals surface area contributed by atoms with E-state index in [9.17, 15) is 9.59 Å². The number of ether oxygens (including phenoxy) is 6. The number of fused-ring (bicyclic) bond motifs is 7. The third-order valence-electron chi connectivity index (χ3n) is 8.07. The highest BCUT2D eigenvalue weighted by Gasteiger charge is 2.22. The zero-order valence-electron chi connectivity index (χ0n) is 26.7.